The molecule has 0 saturated carbocycles. The molecule has 2 aromatic rings. The molecule has 164 valence electrons. The summed E-state index contributed by atoms with van der Waals surface area (Å²) in [6.07, 6.45) is 2.07. The number of methoxy groups -OCH3 is 1. The second-order valence-corrected chi connectivity index (χ2v) is 7.80. The van der Waals surface area contributed by atoms with Crippen LogP contribution in [0.4, 0.5) is 15.9 Å². The highest BCUT2D eigenvalue weighted by atomic mass is 19.1. The van der Waals surface area contributed by atoms with Gasteiger partial charge in [-0.1, -0.05) is 12.1 Å². The van der Waals surface area contributed by atoms with Crippen LogP contribution in [0.5, 0.6) is 5.75 Å². The maximum absolute atomic E-state index is 14.6. The molecule has 0 aliphatic carbocycles. The van der Waals surface area contributed by atoms with E-state index in [9.17, 15) is 9.18 Å². The zero-order valence-corrected chi connectivity index (χ0v) is 17.2. The Hall–Kier alpha value is -2.79. The molecule has 31 heavy (non-hydrogen) atoms. The molecule has 10 heteroatoms. The number of hydrazine groups is 2. The van der Waals surface area contributed by atoms with E-state index in [-0.39, 0.29) is 36.1 Å². The Morgan fingerprint density at radius 2 is 2.03 bits per heavy atom. The van der Waals surface area contributed by atoms with Gasteiger partial charge >= 0.3 is 0 Å². The van der Waals surface area contributed by atoms with Gasteiger partial charge in [0, 0.05) is 31.7 Å². The number of nitrogens with zero attached hydrogens (tertiary/aromatic N) is 3. The van der Waals surface area contributed by atoms with Crippen molar-refractivity contribution >= 4 is 17.4 Å². The number of carbonyl (C=O) groups excluding carboxylic acids is 1. The molecule has 3 saturated heterocycles. The highest BCUT2D eigenvalue weighted by Crippen LogP contribution is 2.35. The lowest BCUT2D eigenvalue weighted by atomic mass is 9.94. The van der Waals surface area contributed by atoms with Crippen LogP contribution in [0, 0.1) is 5.82 Å². The molecular weight excluding hydrogens is 403 g/mol. The maximum atomic E-state index is 14.6. The van der Waals surface area contributed by atoms with Crippen molar-refractivity contribution in [2.24, 2.45) is 0 Å². The number of nitrogens with one attached hydrogen (secondary N) is 3. The van der Waals surface area contributed by atoms with E-state index in [0.717, 1.165) is 24.5 Å². The Labute approximate surface area is 179 Å². The van der Waals surface area contributed by atoms with Crippen LogP contribution in [-0.4, -0.2) is 56.4 Å². The summed E-state index contributed by atoms with van der Waals surface area (Å²) in [5.74, 6) is 0.455. The Morgan fingerprint density at radius 1 is 1.19 bits per heavy atom. The lowest BCUT2D eigenvalue weighted by Gasteiger charge is -2.37. The van der Waals surface area contributed by atoms with Crippen LogP contribution in [0.25, 0.3) is 0 Å². The lowest BCUT2D eigenvalue weighted by Crippen LogP contribution is -2.60. The van der Waals surface area contributed by atoms with Crippen LogP contribution in [0.3, 0.4) is 0 Å². The first kappa shape index (κ1) is 20.1. The third kappa shape index (κ3) is 3.72. The first-order chi connectivity index (χ1) is 15.2. The molecule has 0 spiro atoms. The second-order valence-electron chi connectivity index (χ2n) is 7.80. The average Bonchev–Trinajstić information content (AvgIpc) is 3.21. The van der Waals surface area contributed by atoms with Crippen molar-refractivity contribution in [2.75, 3.05) is 43.3 Å². The molecule has 3 atom stereocenters. The predicted molar refractivity (Wildman–Crippen MR) is 112 cm³/mol. The van der Waals surface area contributed by atoms with E-state index in [0.29, 0.717) is 19.0 Å². The number of morpholine rings is 1. The van der Waals surface area contributed by atoms with E-state index >= 15 is 0 Å². The van der Waals surface area contributed by atoms with Gasteiger partial charge in [0.25, 0.3) is 0 Å². The Morgan fingerprint density at radius 3 is 2.77 bits per heavy atom. The zero-order valence-electron chi connectivity index (χ0n) is 17.2. The second kappa shape index (κ2) is 8.39. The highest BCUT2D eigenvalue weighted by Gasteiger charge is 2.45. The maximum Gasteiger partial charge on any atom is 0.243 e. The summed E-state index contributed by atoms with van der Waals surface area (Å²) in [6, 6.07) is 8.07. The standard InChI is InChI=1S/C21H25FN6O3/c1-30-16-4-2-3-14(22)21(16)28-18(29)11-15-20(26-28)19(25-24-15)13-5-6-17(23-12-13)27-7-9-31-10-8-27/h2-6,12,15,19-20,24-26H,7-11H2,1H3. The summed E-state index contributed by atoms with van der Waals surface area (Å²) < 4.78 is 25.3. The Bertz CT molecular complexity index is 953. The number of aromatic nitrogens is 1. The molecule has 9 nitrogen and oxygen atoms in total. The minimum absolute atomic E-state index is 0.0971. The number of para-hydroxylation sites is 1. The Balaban J connectivity index is 1.38. The van der Waals surface area contributed by atoms with Crippen molar-refractivity contribution in [1.82, 2.24) is 21.3 Å². The fraction of sp³-hybridized carbons (Fsp3) is 0.429. The molecule has 5 rings (SSSR count). The van der Waals surface area contributed by atoms with E-state index < -0.39 is 5.82 Å². The minimum atomic E-state index is -0.523. The summed E-state index contributed by atoms with van der Waals surface area (Å²) in [4.78, 5) is 19.6. The van der Waals surface area contributed by atoms with Crippen LogP contribution in [0.15, 0.2) is 36.5 Å². The molecule has 1 amide bonds. The van der Waals surface area contributed by atoms with Crippen LogP contribution in [-0.2, 0) is 9.53 Å². The van der Waals surface area contributed by atoms with Gasteiger partial charge in [0.2, 0.25) is 5.91 Å². The van der Waals surface area contributed by atoms with Crippen LogP contribution in [0.1, 0.15) is 18.0 Å². The fourth-order valence-corrected chi connectivity index (χ4v) is 4.37. The van der Waals surface area contributed by atoms with Crippen molar-refractivity contribution in [1.29, 1.82) is 0 Å². The van der Waals surface area contributed by atoms with Gasteiger partial charge in [-0.2, -0.15) is 0 Å². The van der Waals surface area contributed by atoms with Crippen molar-refractivity contribution in [2.45, 2.75) is 24.5 Å². The summed E-state index contributed by atoms with van der Waals surface area (Å²) in [5.41, 5.74) is 10.7. The van der Waals surface area contributed by atoms with Crippen molar-refractivity contribution in [3.05, 3.63) is 47.9 Å². The molecule has 4 heterocycles. The first-order valence-corrected chi connectivity index (χ1v) is 10.4. The summed E-state index contributed by atoms with van der Waals surface area (Å²) in [6.45, 7) is 3.05. The summed E-state index contributed by atoms with van der Waals surface area (Å²) >= 11 is 0. The number of pyridine rings is 1. The quantitative estimate of drug-likeness (QED) is 0.662. The van der Waals surface area contributed by atoms with Crippen molar-refractivity contribution < 1.29 is 18.7 Å². The molecule has 3 aliphatic rings. The normalized spacial score (nSPS) is 26.1. The van der Waals surface area contributed by atoms with Gasteiger partial charge in [-0.15, -0.1) is 0 Å². The number of amides is 1. The molecule has 0 radical (unpaired) electrons. The van der Waals surface area contributed by atoms with Gasteiger partial charge < -0.3 is 14.4 Å². The third-order valence-corrected chi connectivity index (χ3v) is 6.00. The summed E-state index contributed by atoms with van der Waals surface area (Å²) in [5, 5.41) is 1.27. The van der Waals surface area contributed by atoms with Crippen LogP contribution < -0.4 is 30.9 Å². The number of hydrogen-bond acceptors (Lipinski definition) is 8. The van der Waals surface area contributed by atoms with E-state index in [1.807, 2.05) is 18.3 Å². The van der Waals surface area contributed by atoms with E-state index in [1.165, 1.54) is 18.2 Å². The van der Waals surface area contributed by atoms with Gasteiger partial charge in [-0.3, -0.25) is 10.2 Å². The van der Waals surface area contributed by atoms with E-state index in [1.54, 1.807) is 12.1 Å². The molecular formula is C21H25FN6O3. The largest absolute Gasteiger partial charge is 0.494 e. The number of ether oxygens (including phenoxy) is 2. The molecule has 3 fully saturated rings. The molecule has 3 N–H and O–H groups in total. The van der Waals surface area contributed by atoms with Gasteiger partial charge in [0.1, 0.15) is 17.3 Å². The molecule has 3 unspecified atom stereocenters. The van der Waals surface area contributed by atoms with Crippen LogP contribution in [0.2, 0.25) is 0 Å². The molecule has 1 aromatic carbocycles. The van der Waals surface area contributed by atoms with E-state index in [2.05, 4.69) is 26.2 Å². The summed E-state index contributed by atoms with van der Waals surface area (Å²) in [7, 11) is 1.46. The number of carbonyl (C=O) groups is 1. The minimum Gasteiger partial charge on any atom is -0.494 e. The molecule has 0 bridgehead atoms. The average molecular weight is 428 g/mol. The number of rotatable bonds is 4. The van der Waals surface area contributed by atoms with Gasteiger partial charge in [-0.25, -0.2) is 25.2 Å². The SMILES string of the molecule is COc1cccc(F)c1N1NC2C(CC1=O)NNC2c1ccc(N2CCOCC2)nc1. The number of anilines is 2. The number of fused-ring (bicyclic) bond motifs is 1. The first-order valence-electron chi connectivity index (χ1n) is 10.4. The smallest absolute Gasteiger partial charge is 0.243 e. The number of hydrogen-bond donors (Lipinski definition) is 3. The zero-order chi connectivity index (χ0) is 21.4. The topological polar surface area (TPSA) is 91.0 Å². The molecule has 1 aromatic heterocycles. The van der Waals surface area contributed by atoms with Crippen molar-refractivity contribution in [3.63, 3.8) is 0 Å². The van der Waals surface area contributed by atoms with Crippen molar-refractivity contribution in [3.8, 4) is 5.75 Å². The fourth-order valence-electron chi connectivity index (χ4n) is 4.37. The van der Waals surface area contributed by atoms with Gasteiger partial charge in [0.05, 0.1) is 32.4 Å². The Kier molecular flexibility index (Phi) is 5.45. The van der Waals surface area contributed by atoms with E-state index in [4.69, 9.17) is 9.47 Å². The third-order valence-electron chi connectivity index (χ3n) is 6.00. The lowest BCUT2D eigenvalue weighted by molar-refractivity contribution is -0.121. The van der Waals surface area contributed by atoms with Crippen LogP contribution >= 0.6 is 0 Å². The molecule has 3 aliphatic heterocycles. The highest BCUT2D eigenvalue weighted by molar-refractivity contribution is 5.95. The monoisotopic (exact) mass is 428 g/mol. The van der Waals surface area contributed by atoms with Gasteiger partial charge in [0.15, 0.2) is 5.82 Å². The van der Waals surface area contributed by atoms with Gasteiger partial charge in [-0.05, 0) is 23.8 Å². The number of halogens is 1. The number of benzene rings is 1. The predicted octanol–water partition coefficient (Wildman–Crippen LogP) is 0.893.